The number of hydrogen-bond acceptors (Lipinski definition) is 6. The largest absolute Gasteiger partial charge is 0.493 e. The summed E-state index contributed by atoms with van der Waals surface area (Å²) in [6.45, 7) is 4.05. The molecule has 0 aliphatic carbocycles. The van der Waals surface area contributed by atoms with E-state index in [1.54, 1.807) is 24.4 Å². The fourth-order valence-electron chi connectivity index (χ4n) is 2.33. The first-order valence-corrected chi connectivity index (χ1v) is 8.73. The second-order valence-corrected chi connectivity index (χ2v) is 6.49. The molecule has 0 atom stereocenters. The van der Waals surface area contributed by atoms with Crippen LogP contribution in [0.25, 0.3) is 0 Å². The number of ether oxygens (including phenoxy) is 3. The number of carbonyl (C=O) groups excluding carboxylic acids is 1. The summed E-state index contributed by atoms with van der Waals surface area (Å²) in [5.74, 6) is 1.59. The highest BCUT2D eigenvalue weighted by atomic mass is 79.9. The zero-order chi connectivity index (χ0) is 19.3. The highest BCUT2D eigenvalue weighted by Gasteiger charge is 2.23. The maximum atomic E-state index is 12.7. The molecule has 26 heavy (non-hydrogen) atoms. The van der Waals surface area contributed by atoms with Gasteiger partial charge in [0.05, 0.1) is 43.2 Å². The molecule has 8 heteroatoms. The molecule has 2 rings (SSSR count). The van der Waals surface area contributed by atoms with Crippen molar-refractivity contribution in [1.29, 1.82) is 0 Å². The first kappa shape index (κ1) is 19.8. The molecule has 1 aromatic carbocycles. The Labute approximate surface area is 161 Å². The fourth-order valence-corrected chi connectivity index (χ4v) is 2.97. The Morgan fingerprint density at radius 2 is 1.81 bits per heavy atom. The minimum Gasteiger partial charge on any atom is -0.493 e. The van der Waals surface area contributed by atoms with Gasteiger partial charge in [-0.2, -0.15) is 0 Å². The molecule has 0 aliphatic heterocycles. The number of nitrogens with zero attached hydrogens (tertiary/aromatic N) is 1. The van der Waals surface area contributed by atoms with E-state index in [4.69, 9.17) is 14.2 Å². The van der Waals surface area contributed by atoms with Gasteiger partial charge in [0, 0.05) is 6.04 Å². The fraction of sp³-hybridized carbons (Fsp3) is 0.333. The monoisotopic (exact) mass is 423 g/mol. The van der Waals surface area contributed by atoms with Gasteiger partial charge in [0.15, 0.2) is 11.5 Å². The van der Waals surface area contributed by atoms with Gasteiger partial charge in [0.2, 0.25) is 5.75 Å². The molecule has 0 saturated carbocycles. The lowest BCUT2D eigenvalue weighted by atomic mass is 10.1. The maximum Gasteiger partial charge on any atom is 0.257 e. The molecule has 1 aromatic heterocycles. The first-order valence-electron chi connectivity index (χ1n) is 7.93. The minimum absolute atomic E-state index is 0.276. The molecular formula is C18H22BrN3O4. The molecule has 2 N–H and O–H groups in total. The third-order valence-electron chi connectivity index (χ3n) is 3.47. The number of methoxy groups -OCH3 is 3. The van der Waals surface area contributed by atoms with Crippen molar-refractivity contribution in [3.8, 4) is 17.2 Å². The lowest BCUT2D eigenvalue weighted by molar-refractivity contribution is 0.102. The van der Waals surface area contributed by atoms with E-state index in [9.17, 15) is 4.79 Å². The van der Waals surface area contributed by atoms with Crippen LogP contribution in [0.5, 0.6) is 17.2 Å². The Morgan fingerprint density at radius 3 is 2.31 bits per heavy atom. The SMILES string of the molecule is COc1cc(C(=O)Nc2ccc(NC(C)C)nc2)c(Br)c(OC)c1OC. The molecular weight excluding hydrogens is 402 g/mol. The summed E-state index contributed by atoms with van der Waals surface area (Å²) in [5.41, 5.74) is 0.925. The van der Waals surface area contributed by atoms with E-state index in [2.05, 4.69) is 31.5 Å². The zero-order valence-corrected chi connectivity index (χ0v) is 16.9. The van der Waals surface area contributed by atoms with E-state index < -0.39 is 0 Å². The number of carbonyl (C=O) groups is 1. The summed E-state index contributed by atoms with van der Waals surface area (Å²) in [5, 5.41) is 6.00. The van der Waals surface area contributed by atoms with Gasteiger partial charge in [-0.1, -0.05) is 0 Å². The van der Waals surface area contributed by atoms with Gasteiger partial charge in [-0.25, -0.2) is 4.98 Å². The van der Waals surface area contributed by atoms with E-state index in [0.29, 0.717) is 33.0 Å². The number of amides is 1. The number of rotatable bonds is 7. The molecule has 1 heterocycles. The van der Waals surface area contributed by atoms with Crippen LogP contribution in [-0.2, 0) is 0 Å². The number of nitrogens with one attached hydrogen (secondary N) is 2. The van der Waals surface area contributed by atoms with Gasteiger partial charge in [0.1, 0.15) is 5.82 Å². The lowest BCUT2D eigenvalue weighted by Crippen LogP contribution is -2.15. The number of hydrogen-bond donors (Lipinski definition) is 2. The Morgan fingerprint density at radius 1 is 1.12 bits per heavy atom. The number of anilines is 2. The number of aromatic nitrogens is 1. The molecule has 0 radical (unpaired) electrons. The van der Waals surface area contributed by atoms with E-state index in [1.165, 1.54) is 21.3 Å². The quantitative estimate of drug-likeness (QED) is 0.701. The highest BCUT2D eigenvalue weighted by molar-refractivity contribution is 9.10. The molecule has 0 saturated heterocycles. The van der Waals surface area contributed by atoms with Crippen LogP contribution in [0.15, 0.2) is 28.9 Å². The summed E-state index contributed by atoms with van der Waals surface area (Å²) in [6, 6.07) is 5.45. The standard InChI is InChI=1S/C18H22BrN3O4/c1-10(2)21-14-7-6-11(9-20-14)22-18(23)12-8-13(24-3)16(25-4)17(26-5)15(12)19/h6-10H,1-5H3,(H,20,21)(H,22,23). The van der Waals surface area contributed by atoms with Crippen LogP contribution in [0.4, 0.5) is 11.5 Å². The van der Waals surface area contributed by atoms with Gasteiger partial charge < -0.3 is 24.8 Å². The zero-order valence-electron chi connectivity index (χ0n) is 15.3. The third-order valence-corrected chi connectivity index (χ3v) is 4.26. The topological polar surface area (TPSA) is 81.7 Å². The van der Waals surface area contributed by atoms with Crippen molar-refractivity contribution < 1.29 is 19.0 Å². The van der Waals surface area contributed by atoms with Crippen LogP contribution in [0.3, 0.4) is 0 Å². The number of benzene rings is 1. The minimum atomic E-state index is -0.331. The highest BCUT2D eigenvalue weighted by Crippen LogP contribution is 2.44. The van der Waals surface area contributed by atoms with Crippen molar-refractivity contribution in [2.45, 2.75) is 19.9 Å². The van der Waals surface area contributed by atoms with Crippen molar-refractivity contribution in [2.75, 3.05) is 32.0 Å². The number of halogens is 1. The molecule has 0 spiro atoms. The molecule has 0 bridgehead atoms. The molecule has 0 aliphatic rings. The van der Waals surface area contributed by atoms with E-state index in [-0.39, 0.29) is 11.9 Å². The van der Waals surface area contributed by atoms with E-state index in [0.717, 1.165) is 5.82 Å². The molecule has 7 nitrogen and oxygen atoms in total. The maximum absolute atomic E-state index is 12.7. The number of pyridine rings is 1. The van der Waals surface area contributed by atoms with Crippen LogP contribution < -0.4 is 24.8 Å². The predicted molar refractivity (Wildman–Crippen MR) is 105 cm³/mol. The molecule has 1 amide bonds. The van der Waals surface area contributed by atoms with Crippen molar-refractivity contribution >= 4 is 33.3 Å². The van der Waals surface area contributed by atoms with Crippen LogP contribution in [0.1, 0.15) is 24.2 Å². The van der Waals surface area contributed by atoms with Crippen LogP contribution >= 0.6 is 15.9 Å². The van der Waals surface area contributed by atoms with Gasteiger partial charge in [-0.05, 0) is 48.0 Å². The normalized spacial score (nSPS) is 10.4. The summed E-state index contributed by atoms with van der Waals surface area (Å²) in [7, 11) is 4.50. The van der Waals surface area contributed by atoms with Crippen LogP contribution in [0.2, 0.25) is 0 Å². The Balaban J connectivity index is 2.29. The Hall–Kier alpha value is -2.48. The average molecular weight is 424 g/mol. The molecule has 140 valence electrons. The third kappa shape index (κ3) is 4.37. The molecule has 0 unspecified atom stereocenters. The Bertz CT molecular complexity index is 779. The van der Waals surface area contributed by atoms with Gasteiger partial charge in [-0.3, -0.25) is 4.79 Å². The summed E-state index contributed by atoms with van der Waals surface area (Å²) in [6.07, 6.45) is 1.59. The van der Waals surface area contributed by atoms with Gasteiger partial charge in [0.25, 0.3) is 5.91 Å². The van der Waals surface area contributed by atoms with Crippen molar-refractivity contribution in [2.24, 2.45) is 0 Å². The lowest BCUT2D eigenvalue weighted by Gasteiger charge is -2.16. The van der Waals surface area contributed by atoms with Crippen molar-refractivity contribution in [1.82, 2.24) is 4.98 Å². The van der Waals surface area contributed by atoms with Gasteiger partial charge >= 0.3 is 0 Å². The van der Waals surface area contributed by atoms with Crippen molar-refractivity contribution in [3.05, 3.63) is 34.4 Å². The smallest absolute Gasteiger partial charge is 0.257 e. The summed E-state index contributed by atoms with van der Waals surface area (Å²) >= 11 is 3.40. The summed E-state index contributed by atoms with van der Waals surface area (Å²) < 4.78 is 16.4. The summed E-state index contributed by atoms with van der Waals surface area (Å²) in [4.78, 5) is 17.0. The van der Waals surface area contributed by atoms with Crippen LogP contribution in [0, 0.1) is 0 Å². The first-order chi connectivity index (χ1) is 12.4. The van der Waals surface area contributed by atoms with Crippen molar-refractivity contribution in [3.63, 3.8) is 0 Å². The van der Waals surface area contributed by atoms with Gasteiger partial charge in [-0.15, -0.1) is 0 Å². The average Bonchev–Trinajstić information content (AvgIpc) is 2.62. The molecule has 0 fully saturated rings. The van der Waals surface area contributed by atoms with E-state index >= 15 is 0 Å². The Kier molecular flexibility index (Phi) is 6.68. The second-order valence-electron chi connectivity index (χ2n) is 5.69. The predicted octanol–water partition coefficient (Wildman–Crippen LogP) is 3.94. The second kappa shape index (κ2) is 8.75. The van der Waals surface area contributed by atoms with Crippen LogP contribution in [-0.4, -0.2) is 38.3 Å². The van der Waals surface area contributed by atoms with E-state index in [1.807, 2.05) is 13.8 Å². The molecule has 2 aromatic rings.